The van der Waals surface area contributed by atoms with Gasteiger partial charge in [0.25, 0.3) is 0 Å². The van der Waals surface area contributed by atoms with Gasteiger partial charge < -0.3 is 10.4 Å². The maximum Gasteiger partial charge on any atom is 0.311 e. The molecule has 2 rings (SSSR count). The zero-order valence-electron chi connectivity index (χ0n) is 9.67. The highest BCUT2D eigenvalue weighted by atomic mass is 79.9. The van der Waals surface area contributed by atoms with Crippen LogP contribution in [0.15, 0.2) is 16.9 Å². The molecular formula is C11H14BrN3O3. The zero-order chi connectivity index (χ0) is 13.1. The molecule has 1 aromatic heterocycles. The van der Waals surface area contributed by atoms with Crippen LogP contribution in [0.1, 0.15) is 19.3 Å². The van der Waals surface area contributed by atoms with Crippen molar-refractivity contribution in [2.24, 2.45) is 5.92 Å². The largest absolute Gasteiger partial charge is 0.393 e. The summed E-state index contributed by atoms with van der Waals surface area (Å²) in [7, 11) is 0. The molecule has 0 saturated heterocycles. The Balaban J connectivity index is 2.11. The second-order valence-corrected chi connectivity index (χ2v) is 5.27. The third kappa shape index (κ3) is 2.78. The maximum absolute atomic E-state index is 10.9. The maximum atomic E-state index is 10.9. The van der Waals surface area contributed by atoms with Gasteiger partial charge in [0.05, 0.1) is 15.5 Å². The molecule has 1 aliphatic rings. The van der Waals surface area contributed by atoms with Gasteiger partial charge >= 0.3 is 5.69 Å². The fraction of sp³-hybridized carbons (Fsp3) is 0.545. The van der Waals surface area contributed by atoms with Crippen LogP contribution < -0.4 is 5.32 Å². The number of nitrogens with zero attached hydrogens (tertiary/aromatic N) is 2. The molecule has 0 aromatic carbocycles. The van der Waals surface area contributed by atoms with Crippen molar-refractivity contribution in [3.05, 3.63) is 27.0 Å². The van der Waals surface area contributed by atoms with Gasteiger partial charge in [-0.15, -0.1) is 0 Å². The predicted octanol–water partition coefficient (Wildman–Crippen LogP) is 2.33. The molecule has 0 spiro atoms. The minimum absolute atomic E-state index is 0.0585. The third-order valence-electron chi connectivity index (χ3n) is 3.24. The van der Waals surface area contributed by atoms with Gasteiger partial charge in [0.2, 0.25) is 0 Å². The smallest absolute Gasteiger partial charge is 0.311 e. The summed E-state index contributed by atoms with van der Waals surface area (Å²) in [5.41, 5.74) is 0.367. The monoisotopic (exact) mass is 315 g/mol. The highest BCUT2D eigenvalue weighted by Crippen LogP contribution is 2.32. The number of aromatic nitrogens is 1. The molecule has 2 atom stereocenters. The van der Waals surface area contributed by atoms with Gasteiger partial charge in [-0.05, 0) is 28.8 Å². The van der Waals surface area contributed by atoms with Crippen molar-refractivity contribution < 1.29 is 10.0 Å². The first-order valence-corrected chi connectivity index (χ1v) is 6.58. The summed E-state index contributed by atoms with van der Waals surface area (Å²) >= 11 is 3.25. The number of halogens is 1. The Morgan fingerprint density at radius 2 is 2.33 bits per heavy atom. The normalized spacial score (nSPS) is 23.0. The molecule has 0 bridgehead atoms. The number of pyridine rings is 1. The van der Waals surface area contributed by atoms with E-state index in [1.807, 2.05) is 0 Å². The van der Waals surface area contributed by atoms with Gasteiger partial charge in [-0.2, -0.15) is 0 Å². The van der Waals surface area contributed by atoms with E-state index < -0.39 is 4.92 Å². The van der Waals surface area contributed by atoms with Gasteiger partial charge in [-0.1, -0.05) is 6.42 Å². The molecule has 1 heterocycles. The summed E-state index contributed by atoms with van der Waals surface area (Å²) in [5, 5.41) is 23.7. The Morgan fingerprint density at radius 1 is 1.56 bits per heavy atom. The average Bonchev–Trinajstić information content (AvgIpc) is 2.73. The molecule has 2 N–H and O–H groups in total. The van der Waals surface area contributed by atoms with Crippen LogP contribution in [0.4, 0.5) is 11.4 Å². The minimum Gasteiger partial charge on any atom is -0.393 e. The Bertz CT molecular complexity index is 455. The van der Waals surface area contributed by atoms with Crippen LogP contribution in [0.2, 0.25) is 0 Å². The summed E-state index contributed by atoms with van der Waals surface area (Å²) in [6.07, 6.45) is 5.19. The third-order valence-corrected chi connectivity index (χ3v) is 3.84. The van der Waals surface area contributed by atoms with Crippen molar-refractivity contribution in [1.29, 1.82) is 0 Å². The molecule has 2 unspecified atom stereocenters. The molecule has 6 nitrogen and oxygen atoms in total. The molecule has 1 aliphatic carbocycles. The molecule has 0 aliphatic heterocycles. The molecule has 0 radical (unpaired) electrons. The van der Waals surface area contributed by atoms with Crippen molar-refractivity contribution in [2.75, 3.05) is 11.9 Å². The van der Waals surface area contributed by atoms with E-state index >= 15 is 0 Å². The predicted molar refractivity (Wildman–Crippen MR) is 70.4 cm³/mol. The molecule has 0 amide bonds. The average molecular weight is 316 g/mol. The fourth-order valence-corrected chi connectivity index (χ4v) is 2.69. The van der Waals surface area contributed by atoms with Gasteiger partial charge in [0, 0.05) is 18.7 Å². The number of aliphatic hydroxyl groups excluding tert-OH is 1. The van der Waals surface area contributed by atoms with E-state index in [4.69, 9.17) is 0 Å². The lowest BCUT2D eigenvalue weighted by molar-refractivity contribution is -0.384. The fourth-order valence-electron chi connectivity index (χ4n) is 2.23. The SMILES string of the molecule is O=[N+]([O-])c1cncc(Br)c1NCC1CCCC1O. The first-order valence-electron chi connectivity index (χ1n) is 5.79. The highest BCUT2D eigenvalue weighted by molar-refractivity contribution is 9.10. The number of hydrogen-bond acceptors (Lipinski definition) is 5. The summed E-state index contributed by atoms with van der Waals surface area (Å²) in [5.74, 6) is 0.157. The Morgan fingerprint density at radius 3 is 2.94 bits per heavy atom. The van der Waals surface area contributed by atoms with Crippen molar-refractivity contribution in [1.82, 2.24) is 4.98 Å². The van der Waals surface area contributed by atoms with Crippen LogP contribution in [0.3, 0.4) is 0 Å². The summed E-state index contributed by atoms with van der Waals surface area (Å²) in [6, 6.07) is 0. The van der Waals surface area contributed by atoms with Crippen LogP contribution in [-0.4, -0.2) is 27.7 Å². The van der Waals surface area contributed by atoms with E-state index in [1.54, 1.807) is 0 Å². The van der Waals surface area contributed by atoms with E-state index in [0.29, 0.717) is 16.7 Å². The summed E-state index contributed by atoms with van der Waals surface area (Å²) < 4.78 is 0.559. The van der Waals surface area contributed by atoms with E-state index in [0.717, 1.165) is 19.3 Å². The van der Waals surface area contributed by atoms with Gasteiger partial charge in [-0.3, -0.25) is 15.1 Å². The molecular weight excluding hydrogens is 302 g/mol. The van der Waals surface area contributed by atoms with Crippen LogP contribution in [0, 0.1) is 16.0 Å². The van der Waals surface area contributed by atoms with E-state index in [2.05, 4.69) is 26.2 Å². The summed E-state index contributed by atoms with van der Waals surface area (Å²) in [6.45, 7) is 0.532. The van der Waals surface area contributed by atoms with Crippen LogP contribution in [0.25, 0.3) is 0 Å². The van der Waals surface area contributed by atoms with Gasteiger partial charge in [0.15, 0.2) is 0 Å². The second kappa shape index (κ2) is 5.62. The quantitative estimate of drug-likeness (QED) is 0.657. The molecule has 1 fully saturated rings. The highest BCUT2D eigenvalue weighted by Gasteiger charge is 2.26. The lowest BCUT2D eigenvalue weighted by Gasteiger charge is -2.16. The second-order valence-electron chi connectivity index (χ2n) is 4.41. The van der Waals surface area contributed by atoms with E-state index in [1.165, 1.54) is 12.4 Å². The Labute approximate surface area is 113 Å². The first kappa shape index (κ1) is 13.2. The van der Waals surface area contributed by atoms with Crippen LogP contribution in [-0.2, 0) is 0 Å². The van der Waals surface area contributed by atoms with Crippen molar-refractivity contribution in [3.63, 3.8) is 0 Å². The van der Waals surface area contributed by atoms with Crippen molar-refractivity contribution in [2.45, 2.75) is 25.4 Å². The molecule has 18 heavy (non-hydrogen) atoms. The van der Waals surface area contributed by atoms with Gasteiger partial charge in [-0.25, -0.2) is 0 Å². The lowest BCUT2D eigenvalue weighted by atomic mass is 10.1. The van der Waals surface area contributed by atoms with Crippen LogP contribution in [0.5, 0.6) is 0 Å². The van der Waals surface area contributed by atoms with Crippen LogP contribution >= 0.6 is 15.9 Å². The number of rotatable bonds is 4. The Hall–Kier alpha value is -1.21. The number of nitrogens with one attached hydrogen (secondary N) is 1. The van der Waals surface area contributed by atoms with E-state index in [-0.39, 0.29) is 17.7 Å². The first-order chi connectivity index (χ1) is 8.59. The minimum atomic E-state index is -0.467. The van der Waals surface area contributed by atoms with E-state index in [9.17, 15) is 15.2 Å². The molecule has 1 aromatic rings. The lowest BCUT2D eigenvalue weighted by Crippen LogP contribution is -2.22. The molecule has 98 valence electrons. The number of hydrogen-bond donors (Lipinski definition) is 2. The van der Waals surface area contributed by atoms with Crippen molar-refractivity contribution in [3.8, 4) is 0 Å². The topological polar surface area (TPSA) is 88.3 Å². The number of nitro groups is 1. The zero-order valence-corrected chi connectivity index (χ0v) is 11.3. The van der Waals surface area contributed by atoms with Gasteiger partial charge in [0.1, 0.15) is 11.9 Å². The summed E-state index contributed by atoms with van der Waals surface area (Å²) in [4.78, 5) is 14.2. The molecule has 7 heteroatoms. The number of anilines is 1. The number of aliphatic hydroxyl groups is 1. The van der Waals surface area contributed by atoms with Crippen molar-refractivity contribution >= 4 is 27.3 Å². The Kier molecular flexibility index (Phi) is 4.13. The standard InChI is InChI=1S/C11H14BrN3O3/c12-8-5-13-6-9(15(17)18)11(8)14-4-7-2-1-3-10(7)16/h5-7,10,16H,1-4H2,(H,13,14). The molecule has 1 saturated carbocycles.